The van der Waals surface area contributed by atoms with Gasteiger partial charge in [0, 0.05) is 11.3 Å². The SMILES string of the molecule is COc1ccc2c(c1)C(C)=CC(C)(C)N2C(=O)Nc1ccc(C)cc1. The van der Waals surface area contributed by atoms with Crippen LogP contribution in [-0.2, 0) is 0 Å². The number of aryl methyl sites for hydroxylation is 1. The summed E-state index contributed by atoms with van der Waals surface area (Å²) in [6.45, 7) is 8.17. The van der Waals surface area contributed by atoms with Gasteiger partial charge in [0.25, 0.3) is 0 Å². The van der Waals surface area contributed by atoms with E-state index in [0.717, 1.165) is 33.8 Å². The van der Waals surface area contributed by atoms with E-state index >= 15 is 0 Å². The first kappa shape index (κ1) is 17.1. The molecule has 2 amide bonds. The fourth-order valence-corrected chi connectivity index (χ4v) is 3.32. The quantitative estimate of drug-likeness (QED) is 0.815. The molecule has 1 aliphatic rings. The Kier molecular flexibility index (Phi) is 4.29. The van der Waals surface area contributed by atoms with Crippen LogP contribution >= 0.6 is 0 Å². The largest absolute Gasteiger partial charge is 0.497 e. The second-order valence-electron chi connectivity index (χ2n) is 7.00. The molecule has 1 heterocycles. The van der Waals surface area contributed by atoms with Gasteiger partial charge in [0.15, 0.2) is 0 Å². The molecule has 0 radical (unpaired) electrons. The topological polar surface area (TPSA) is 41.6 Å². The molecule has 0 aromatic heterocycles. The number of nitrogens with one attached hydrogen (secondary N) is 1. The maximum Gasteiger partial charge on any atom is 0.327 e. The van der Waals surface area contributed by atoms with E-state index in [1.165, 1.54) is 0 Å². The number of urea groups is 1. The summed E-state index contributed by atoms with van der Waals surface area (Å²) < 4.78 is 5.34. The molecule has 4 heteroatoms. The van der Waals surface area contributed by atoms with Gasteiger partial charge in [-0.1, -0.05) is 23.8 Å². The predicted molar refractivity (Wildman–Crippen MR) is 103 cm³/mol. The standard InChI is InChI=1S/C21H24N2O2/c1-14-6-8-16(9-7-14)22-20(24)23-19-11-10-17(25-5)12-18(19)15(2)13-21(23,3)4/h6-13H,1-5H3,(H,22,24). The van der Waals surface area contributed by atoms with Gasteiger partial charge in [-0.15, -0.1) is 0 Å². The molecule has 25 heavy (non-hydrogen) atoms. The zero-order valence-electron chi connectivity index (χ0n) is 15.4. The van der Waals surface area contributed by atoms with Gasteiger partial charge in [0.05, 0.1) is 18.3 Å². The maximum absolute atomic E-state index is 13.0. The second-order valence-corrected chi connectivity index (χ2v) is 7.00. The Bertz CT molecular complexity index is 835. The van der Waals surface area contributed by atoms with Crippen molar-refractivity contribution in [3.05, 3.63) is 59.7 Å². The van der Waals surface area contributed by atoms with Crippen molar-refractivity contribution >= 4 is 23.0 Å². The number of carbonyl (C=O) groups excluding carboxylic acids is 1. The number of carbonyl (C=O) groups is 1. The van der Waals surface area contributed by atoms with Gasteiger partial charge in [-0.25, -0.2) is 4.79 Å². The van der Waals surface area contributed by atoms with Crippen LogP contribution in [0.25, 0.3) is 5.57 Å². The summed E-state index contributed by atoms with van der Waals surface area (Å²) in [4.78, 5) is 14.8. The van der Waals surface area contributed by atoms with Gasteiger partial charge in [-0.3, -0.25) is 4.90 Å². The Morgan fingerprint density at radius 1 is 1.08 bits per heavy atom. The number of ether oxygens (including phenoxy) is 1. The third-order valence-corrected chi connectivity index (χ3v) is 4.52. The number of allylic oxidation sites excluding steroid dienone is 1. The van der Waals surface area contributed by atoms with Crippen molar-refractivity contribution < 1.29 is 9.53 Å². The van der Waals surface area contributed by atoms with Crippen LogP contribution in [0.15, 0.2) is 48.5 Å². The average molecular weight is 336 g/mol. The molecule has 0 saturated carbocycles. The maximum atomic E-state index is 13.0. The Labute approximate surface area is 149 Å². The summed E-state index contributed by atoms with van der Waals surface area (Å²) >= 11 is 0. The number of nitrogens with zero attached hydrogens (tertiary/aromatic N) is 1. The van der Waals surface area contributed by atoms with Crippen LogP contribution in [-0.4, -0.2) is 18.7 Å². The minimum absolute atomic E-state index is 0.149. The van der Waals surface area contributed by atoms with Crippen molar-refractivity contribution in [2.24, 2.45) is 0 Å². The van der Waals surface area contributed by atoms with Crippen LogP contribution < -0.4 is 15.0 Å². The van der Waals surface area contributed by atoms with Gasteiger partial charge in [-0.05, 0) is 63.6 Å². The number of rotatable bonds is 2. The summed E-state index contributed by atoms with van der Waals surface area (Å²) in [5.74, 6) is 0.782. The van der Waals surface area contributed by atoms with Crippen LogP contribution in [0.1, 0.15) is 31.9 Å². The molecule has 3 rings (SSSR count). The monoisotopic (exact) mass is 336 g/mol. The number of anilines is 2. The highest BCUT2D eigenvalue weighted by atomic mass is 16.5. The van der Waals surface area contributed by atoms with E-state index in [2.05, 4.69) is 18.3 Å². The van der Waals surface area contributed by atoms with Crippen molar-refractivity contribution in [1.82, 2.24) is 0 Å². The lowest BCUT2D eigenvalue weighted by molar-refractivity contribution is 0.253. The van der Waals surface area contributed by atoms with Crippen molar-refractivity contribution in [2.45, 2.75) is 33.2 Å². The van der Waals surface area contributed by atoms with E-state index in [4.69, 9.17) is 4.74 Å². The van der Waals surface area contributed by atoms with E-state index in [9.17, 15) is 4.79 Å². The van der Waals surface area contributed by atoms with Gasteiger partial charge < -0.3 is 10.1 Å². The highest BCUT2D eigenvalue weighted by Gasteiger charge is 2.36. The zero-order valence-corrected chi connectivity index (χ0v) is 15.4. The first-order valence-corrected chi connectivity index (χ1v) is 8.37. The number of methoxy groups -OCH3 is 1. The van der Waals surface area contributed by atoms with Crippen molar-refractivity contribution in [3.8, 4) is 5.75 Å². The second kappa shape index (κ2) is 6.28. The minimum Gasteiger partial charge on any atom is -0.497 e. The molecular formula is C21H24N2O2. The zero-order chi connectivity index (χ0) is 18.2. The molecule has 4 nitrogen and oxygen atoms in total. The van der Waals surface area contributed by atoms with E-state index in [0.29, 0.717) is 0 Å². The van der Waals surface area contributed by atoms with Gasteiger partial charge >= 0.3 is 6.03 Å². The first-order chi connectivity index (χ1) is 11.8. The van der Waals surface area contributed by atoms with Crippen LogP contribution in [0.2, 0.25) is 0 Å². The molecule has 130 valence electrons. The summed E-state index contributed by atoms with van der Waals surface area (Å²) in [7, 11) is 1.65. The lowest BCUT2D eigenvalue weighted by Gasteiger charge is -2.41. The summed E-state index contributed by atoms with van der Waals surface area (Å²) in [5, 5.41) is 3.01. The fraction of sp³-hybridized carbons (Fsp3) is 0.286. The summed E-state index contributed by atoms with van der Waals surface area (Å²) in [5.41, 5.74) is 4.55. The van der Waals surface area contributed by atoms with E-state index in [1.54, 1.807) is 12.0 Å². The van der Waals surface area contributed by atoms with Crippen molar-refractivity contribution in [1.29, 1.82) is 0 Å². The van der Waals surface area contributed by atoms with E-state index in [1.807, 2.05) is 63.2 Å². The highest BCUT2D eigenvalue weighted by molar-refractivity contribution is 6.06. The Balaban J connectivity index is 1.99. The smallest absolute Gasteiger partial charge is 0.327 e. The first-order valence-electron chi connectivity index (χ1n) is 8.37. The highest BCUT2D eigenvalue weighted by Crippen LogP contribution is 2.40. The van der Waals surface area contributed by atoms with E-state index in [-0.39, 0.29) is 6.03 Å². The molecule has 1 N–H and O–H groups in total. The normalized spacial score (nSPS) is 15.2. The lowest BCUT2D eigenvalue weighted by Crippen LogP contribution is -2.50. The Morgan fingerprint density at radius 2 is 1.76 bits per heavy atom. The fourth-order valence-electron chi connectivity index (χ4n) is 3.32. The molecule has 0 spiro atoms. The summed E-state index contributed by atoms with van der Waals surface area (Å²) in [6, 6.07) is 13.5. The molecule has 1 aliphatic heterocycles. The van der Waals surface area contributed by atoms with Crippen LogP contribution in [0.5, 0.6) is 5.75 Å². The molecule has 0 aliphatic carbocycles. The summed E-state index contributed by atoms with van der Waals surface area (Å²) in [6.07, 6.45) is 2.11. The van der Waals surface area contributed by atoms with Gasteiger partial charge in [-0.2, -0.15) is 0 Å². The number of amides is 2. The van der Waals surface area contributed by atoms with Crippen LogP contribution in [0.4, 0.5) is 16.2 Å². The number of hydrogen-bond acceptors (Lipinski definition) is 2. The number of hydrogen-bond donors (Lipinski definition) is 1. The molecule has 0 bridgehead atoms. The van der Waals surface area contributed by atoms with E-state index < -0.39 is 5.54 Å². The molecule has 2 aromatic carbocycles. The molecular weight excluding hydrogens is 312 g/mol. The van der Waals surface area contributed by atoms with Crippen LogP contribution in [0, 0.1) is 6.92 Å². The third kappa shape index (κ3) is 3.25. The Hall–Kier alpha value is -2.75. The van der Waals surface area contributed by atoms with Crippen molar-refractivity contribution in [2.75, 3.05) is 17.3 Å². The third-order valence-electron chi connectivity index (χ3n) is 4.52. The lowest BCUT2D eigenvalue weighted by atomic mass is 9.89. The Morgan fingerprint density at radius 3 is 2.40 bits per heavy atom. The van der Waals surface area contributed by atoms with Crippen molar-refractivity contribution in [3.63, 3.8) is 0 Å². The number of benzene rings is 2. The average Bonchev–Trinajstić information content (AvgIpc) is 2.56. The van der Waals surface area contributed by atoms with Crippen LogP contribution in [0.3, 0.4) is 0 Å². The predicted octanol–water partition coefficient (Wildman–Crippen LogP) is 5.24. The molecule has 2 aromatic rings. The molecule has 0 saturated heterocycles. The molecule has 0 unspecified atom stereocenters. The minimum atomic E-state index is -0.430. The molecule has 0 atom stereocenters. The van der Waals surface area contributed by atoms with Gasteiger partial charge in [0.1, 0.15) is 5.75 Å². The molecule has 0 fully saturated rings. The number of fused-ring (bicyclic) bond motifs is 1. The van der Waals surface area contributed by atoms with Gasteiger partial charge in [0.2, 0.25) is 0 Å².